The Morgan fingerprint density at radius 3 is 2.50 bits per heavy atom. The highest BCUT2D eigenvalue weighted by molar-refractivity contribution is 6.06. The molecule has 15 atom stereocenters. The van der Waals surface area contributed by atoms with E-state index >= 15 is 0 Å². The van der Waals surface area contributed by atoms with Crippen LogP contribution in [-0.4, -0.2) is 119 Å². The molecule has 0 radical (unpaired) electrons. The molecule has 0 aromatic rings. The normalized spacial score (nSPS) is 47.7. The van der Waals surface area contributed by atoms with Gasteiger partial charge in [-0.2, -0.15) is 0 Å². The van der Waals surface area contributed by atoms with Crippen molar-refractivity contribution in [1.82, 2.24) is 0 Å². The number of allylic oxidation sites excluding steroid dienone is 2. The second-order valence-electron chi connectivity index (χ2n) is 17.5. The summed E-state index contributed by atoms with van der Waals surface area (Å²) in [6.45, 7) is 9.63. The molecule has 312 valence electrons. The van der Waals surface area contributed by atoms with Gasteiger partial charge in [-0.05, 0) is 62.7 Å². The maximum Gasteiger partial charge on any atom is 0.316 e. The van der Waals surface area contributed by atoms with E-state index < -0.39 is 78.4 Å². The molecule has 1 spiro atoms. The fourth-order valence-corrected chi connectivity index (χ4v) is 10.4. The summed E-state index contributed by atoms with van der Waals surface area (Å²) in [5.74, 6) is -2.92. The Morgan fingerprint density at radius 1 is 1.00 bits per heavy atom. The highest BCUT2D eigenvalue weighted by Gasteiger charge is 2.60. The maximum atomic E-state index is 14.4. The fourth-order valence-electron chi connectivity index (χ4n) is 10.4. The first-order chi connectivity index (χ1) is 26.8. The molecule has 5 heterocycles. The van der Waals surface area contributed by atoms with E-state index in [4.69, 9.17) is 33.2 Å². The van der Waals surface area contributed by atoms with Gasteiger partial charge >= 0.3 is 5.97 Å². The van der Waals surface area contributed by atoms with Crippen molar-refractivity contribution >= 4 is 11.7 Å². The minimum absolute atomic E-state index is 0.00607. The number of carbonyl (C=O) groups excluding carboxylic acids is 1. The van der Waals surface area contributed by atoms with Crippen LogP contribution in [0.1, 0.15) is 98.8 Å². The van der Waals surface area contributed by atoms with Gasteiger partial charge in [-0.15, -0.1) is 0 Å². The summed E-state index contributed by atoms with van der Waals surface area (Å²) in [6, 6.07) is 0. The van der Waals surface area contributed by atoms with Crippen LogP contribution >= 0.6 is 0 Å². The van der Waals surface area contributed by atoms with Crippen molar-refractivity contribution in [2.75, 3.05) is 13.7 Å². The first-order valence-electron chi connectivity index (χ1n) is 20.8. The highest BCUT2D eigenvalue weighted by Crippen LogP contribution is 2.48. The van der Waals surface area contributed by atoms with Crippen LogP contribution in [0.3, 0.4) is 0 Å². The van der Waals surface area contributed by atoms with Crippen LogP contribution < -0.4 is 0 Å². The molecule has 1 saturated carbocycles. The molecule has 2 bridgehead atoms. The SMILES string of the molecule is CO[C@H]1C[C@H](O[C@@H]2/C(C)=C/C[C@@H]3C[C@@H](C[C@]4(C[C@H](O)[C@H](C)[C@@H](C5CCCCC5)O4)O3)OC(=O)[C@@H]3C=C(C)/C(=N/O)[C@H]4OCC(=C/C=C/[C@@H]2C)[C@]43O)O[C@@H](C)[C@@H]1O. The zero-order chi connectivity index (χ0) is 39.9. The average Bonchev–Trinajstić information content (AvgIpc) is 3.51. The van der Waals surface area contributed by atoms with Gasteiger partial charge in [0.25, 0.3) is 0 Å². The number of fused-ring (bicyclic) bond motifs is 2. The van der Waals surface area contributed by atoms with E-state index in [2.05, 4.69) is 18.2 Å². The van der Waals surface area contributed by atoms with Crippen LogP contribution in [0.5, 0.6) is 0 Å². The number of hydrogen-bond donors (Lipinski definition) is 4. The molecule has 4 saturated heterocycles. The van der Waals surface area contributed by atoms with Crippen molar-refractivity contribution in [3.05, 3.63) is 47.1 Å². The fraction of sp³-hybridized carbons (Fsp3) is 0.767. The standard InChI is InChI=1S/C43H63NO12/c1-23-11-10-14-29-22-51-40-36(44-49)25(3)17-32(43(29,40)48)41(47)53-31-18-30(16-15-24(2)38(23)54-35-19-34(50-6)37(46)27(5)52-35)55-42(20-31)21-33(45)26(4)39(56-42)28-12-8-7-9-13-28/h10-11,14-15,17,23,26-28,30-35,37-40,45-46,48-49H,7-9,12-13,16,18-22H2,1-6H3/b11-10+,24-15+,29-14?,44-36-/t23-,26-,27-,30+,31-,32-,33-,34-,35-,37-,38-,39-,40+,42-,43+/m0/s1. The molecule has 13 nitrogen and oxygen atoms in total. The van der Waals surface area contributed by atoms with E-state index in [0.29, 0.717) is 36.3 Å². The summed E-state index contributed by atoms with van der Waals surface area (Å²) in [4.78, 5) is 14.4. The minimum Gasteiger partial charge on any atom is -0.462 e. The molecular formula is C43H63NO12. The average molecular weight is 786 g/mol. The van der Waals surface area contributed by atoms with Crippen molar-refractivity contribution in [3.63, 3.8) is 0 Å². The predicted octanol–water partition coefficient (Wildman–Crippen LogP) is 5.04. The van der Waals surface area contributed by atoms with E-state index in [9.17, 15) is 25.3 Å². The molecule has 56 heavy (non-hydrogen) atoms. The molecule has 2 aliphatic carbocycles. The molecule has 5 fully saturated rings. The zero-order valence-electron chi connectivity index (χ0n) is 33.7. The topological polar surface area (TPSA) is 175 Å². The Hall–Kier alpha value is -2.46. The van der Waals surface area contributed by atoms with Crippen molar-refractivity contribution in [2.24, 2.45) is 28.8 Å². The summed E-state index contributed by atoms with van der Waals surface area (Å²) < 4.78 is 44.8. The van der Waals surface area contributed by atoms with Gasteiger partial charge in [0, 0.05) is 44.6 Å². The van der Waals surface area contributed by atoms with E-state index in [1.165, 1.54) is 6.42 Å². The number of oxime groups is 1. The summed E-state index contributed by atoms with van der Waals surface area (Å²) in [5.41, 5.74) is 0.169. The second-order valence-corrected chi connectivity index (χ2v) is 17.5. The third-order valence-electron chi connectivity index (χ3n) is 13.7. The molecular weight excluding hydrogens is 722 g/mol. The Labute approximate surface area is 330 Å². The van der Waals surface area contributed by atoms with E-state index in [-0.39, 0.29) is 43.1 Å². The molecule has 0 aromatic heterocycles. The Bertz CT molecular complexity index is 1590. The number of ether oxygens (including phenoxy) is 7. The van der Waals surface area contributed by atoms with E-state index in [1.54, 1.807) is 33.1 Å². The lowest BCUT2D eigenvalue weighted by Gasteiger charge is -2.53. The van der Waals surface area contributed by atoms with Gasteiger partial charge in [-0.25, -0.2) is 0 Å². The van der Waals surface area contributed by atoms with Crippen LogP contribution in [0.2, 0.25) is 0 Å². The van der Waals surface area contributed by atoms with Gasteiger partial charge in [0.1, 0.15) is 35.5 Å². The number of aliphatic hydroxyl groups excluding tert-OH is 2. The lowest BCUT2D eigenvalue weighted by molar-refractivity contribution is -0.355. The monoisotopic (exact) mass is 785 g/mol. The number of aliphatic hydroxyl groups is 3. The van der Waals surface area contributed by atoms with Crippen LogP contribution in [0, 0.1) is 23.7 Å². The largest absolute Gasteiger partial charge is 0.462 e. The summed E-state index contributed by atoms with van der Waals surface area (Å²) >= 11 is 0. The number of carbonyl (C=O) groups is 1. The summed E-state index contributed by atoms with van der Waals surface area (Å²) in [6.07, 6.45) is 10.6. The van der Waals surface area contributed by atoms with Crippen LogP contribution in [-0.2, 0) is 38.0 Å². The van der Waals surface area contributed by atoms with Crippen molar-refractivity contribution in [1.29, 1.82) is 0 Å². The van der Waals surface area contributed by atoms with Crippen LogP contribution in [0.15, 0.2) is 52.3 Å². The molecule has 0 amide bonds. The third-order valence-corrected chi connectivity index (χ3v) is 13.7. The van der Waals surface area contributed by atoms with E-state index in [1.807, 2.05) is 26.0 Å². The lowest BCUT2D eigenvalue weighted by atomic mass is 9.71. The van der Waals surface area contributed by atoms with Gasteiger partial charge in [0.05, 0.1) is 43.2 Å². The maximum absolute atomic E-state index is 14.4. The zero-order valence-corrected chi connectivity index (χ0v) is 33.7. The molecule has 5 aliphatic heterocycles. The summed E-state index contributed by atoms with van der Waals surface area (Å²) in [5, 5.41) is 48.2. The number of nitrogens with zero attached hydrogens (tertiary/aromatic N) is 1. The predicted molar refractivity (Wildman–Crippen MR) is 205 cm³/mol. The van der Waals surface area contributed by atoms with Crippen molar-refractivity contribution in [2.45, 2.75) is 171 Å². The van der Waals surface area contributed by atoms with E-state index in [0.717, 1.165) is 31.3 Å². The highest BCUT2D eigenvalue weighted by atomic mass is 16.7. The third kappa shape index (κ3) is 8.09. The first-order valence-corrected chi connectivity index (χ1v) is 20.8. The number of esters is 1. The second kappa shape index (κ2) is 17.0. The summed E-state index contributed by atoms with van der Waals surface area (Å²) in [7, 11) is 1.57. The molecule has 13 heteroatoms. The van der Waals surface area contributed by atoms with Gasteiger partial charge in [-0.3, -0.25) is 4.79 Å². The Morgan fingerprint density at radius 2 is 1.77 bits per heavy atom. The molecule has 4 N–H and O–H groups in total. The van der Waals surface area contributed by atoms with Crippen molar-refractivity contribution < 1.29 is 58.5 Å². The van der Waals surface area contributed by atoms with Crippen LogP contribution in [0.25, 0.3) is 0 Å². The first kappa shape index (κ1) is 41.7. The van der Waals surface area contributed by atoms with Gasteiger partial charge in [0.15, 0.2) is 12.1 Å². The minimum atomic E-state index is -1.88. The molecule has 0 unspecified atom stereocenters. The number of methoxy groups -OCH3 is 1. The lowest BCUT2D eigenvalue weighted by Crippen LogP contribution is -2.60. The Balaban J connectivity index is 1.26. The Kier molecular flexibility index (Phi) is 12.7. The van der Waals surface area contributed by atoms with Gasteiger partial charge < -0.3 is 53.7 Å². The molecule has 0 aromatic carbocycles. The number of rotatable bonds is 4. The quantitative estimate of drug-likeness (QED) is 0.130. The molecule has 7 aliphatic rings. The van der Waals surface area contributed by atoms with Gasteiger partial charge in [-0.1, -0.05) is 68.6 Å². The molecule has 7 rings (SSSR count). The van der Waals surface area contributed by atoms with Crippen molar-refractivity contribution in [3.8, 4) is 0 Å². The smallest absolute Gasteiger partial charge is 0.316 e. The van der Waals surface area contributed by atoms with Gasteiger partial charge in [0.2, 0.25) is 0 Å². The van der Waals surface area contributed by atoms with Crippen LogP contribution in [0.4, 0.5) is 0 Å². The number of hydrogen-bond acceptors (Lipinski definition) is 13.